The first-order valence-electron chi connectivity index (χ1n) is 12.7. The Labute approximate surface area is 206 Å². The predicted octanol–water partition coefficient (Wildman–Crippen LogP) is 3.30. The number of esters is 1. The Kier molecular flexibility index (Phi) is 8.05. The van der Waals surface area contributed by atoms with Crippen LogP contribution < -0.4 is 4.90 Å². The average molecular weight is 486 g/mol. The summed E-state index contributed by atoms with van der Waals surface area (Å²) in [5, 5.41) is 4.81. The summed E-state index contributed by atoms with van der Waals surface area (Å²) in [5.74, 6) is 0.224. The molecule has 2 heterocycles. The summed E-state index contributed by atoms with van der Waals surface area (Å²) in [6, 6.07) is 6.65. The van der Waals surface area contributed by atoms with Crippen molar-refractivity contribution in [3.05, 3.63) is 41.3 Å². The number of aryl methyl sites for hydroxylation is 1. The molecule has 1 aliphatic heterocycles. The molecule has 9 heteroatoms. The second kappa shape index (κ2) is 11.2. The van der Waals surface area contributed by atoms with Crippen LogP contribution in [0.5, 0.6) is 0 Å². The van der Waals surface area contributed by atoms with Crippen molar-refractivity contribution >= 4 is 17.7 Å². The first kappa shape index (κ1) is 25.2. The summed E-state index contributed by atoms with van der Waals surface area (Å²) >= 11 is 0. The molecule has 2 aromatic rings. The molecule has 4 rings (SSSR count). The van der Waals surface area contributed by atoms with Crippen LogP contribution in [0.4, 0.5) is 10.2 Å². The molecule has 1 amide bonds. The number of aromatic nitrogens is 2. The molecule has 8 nitrogen and oxygen atoms in total. The van der Waals surface area contributed by atoms with Gasteiger partial charge in [-0.15, -0.1) is 0 Å². The van der Waals surface area contributed by atoms with E-state index in [9.17, 15) is 14.0 Å². The van der Waals surface area contributed by atoms with Gasteiger partial charge in [-0.2, -0.15) is 5.10 Å². The molecule has 190 valence electrons. The van der Waals surface area contributed by atoms with Gasteiger partial charge in [0.15, 0.2) is 0 Å². The quantitative estimate of drug-likeness (QED) is 0.481. The van der Waals surface area contributed by atoms with Crippen molar-refractivity contribution < 1.29 is 18.7 Å². The fraction of sp³-hybridized carbons (Fsp3) is 0.577. The smallest absolute Gasteiger partial charge is 0.306 e. The number of carbonyl (C=O) groups excluding carboxylic acids is 2. The number of ether oxygens (including phenoxy) is 1. The Hall–Kier alpha value is -2.94. The van der Waals surface area contributed by atoms with Gasteiger partial charge in [0.2, 0.25) is 5.91 Å². The third kappa shape index (κ3) is 6.01. The van der Waals surface area contributed by atoms with Crippen molar-refractivity contribution in [1.29, 1.82) is 0 Å². The molecule has 0 atom stereocenters. The van der Waals surface area contributed by atoms with Gasteiger partial charge in [-0.3, -0.25) is 9.59 Å². The van der Waals surface area contributed by atoms with Gasteiger partial charge in [0, 0.05) is 44.2 Å². The lowest BCUT2D eigenvalue weighted by molar-refractivity contribution is -0.146. The lowest BCUT2D eigenvalue weighted by Gasteiger charge is -2.36. The number of nitrogens with zero attached hydrogens (tertiary/aromatic N) is 5. The molecule has 0 spiro atoms. The monoisotopic (exact) mass is 485 g/mol. The van der Waals surface area contributed by atoms with Crippen LogP contribution in [0.2, 0.25) is 0 Å². The van der Waals surface area contributed by atoms with Gasteiger partial charge in [-0.05, 0) is 51.4 Å². The molecule has 1 aromatic heterocycles. The number of benzene rings is 1. The van der Waals surface area contributed by atoms with Crippen LogP contribution >= 0.6 is 0 Å². The Morgan fingerprint density at radius 2 is 1.89 bits per heavy atom. The number of likely N-dealkylation sites (N-methyl/N-ethyl adjacent to an activating group) is 1. The van der Waals surface area contributed by atoms with E-state index in [0.29, 0.717) is 18.8 Å². The van der Waals surface area contributed by atoms with Crippen LogP contribution in [0.25, 0.3) is 5.69 Å². The lowest BCUT2D eigenvalue weighted by Crippen LogP contribution is -2.47. The molecule has 2 aliphatic rings. The van der Waals surface area contributed by atoms with Gasteiger partial charge < -0.3 is 19.4 Å². The molecule has 35 heavy (non-hydrogen) atoms. The highest BCUT2D eigenvalue weighted by molar-refractivity contribution is 5.82. The molecule has 0 bridgehead atoms. The van der Waals surface area contributed by atoms with E-state index in [2.05, 4.69) is 16.7 Å². The molecule has 1 saturated heterocycles. The van der Waals surface area contributed by atoms with Crippen LogP contribution in [-0.4, -0.2) is 76.8 Å². The van der Waals surface area contributed by atoms with Gasteiger partial charge in [0.05, 0.1) is 31.0 Å². The van der Waals surface area contributed by atoms with Crippen molar-refractivity contribution in [3.8, 4) is 5.69 Å². The van der Waals surface area contributed by atoms with E-state index in [-0.39, 0.29) is 36.6 Å². The molecular formula is C26H36FN5O3. The lowest BCUT2D eigenvalue weighted by atomic mass is 10.1. The van der Waals surface area contributed by atoms with Crippen molar-refractivity contribution in [2.75, 3.05) is 44.2 Å². The molecule has 0 unspecified atom stereocenters. The third-order valence-electron chi connectivity index (χ3n) is 6.81. The van der Waals surface area contributed by atoms with E-state index in [4.69, 9.17) is 9.84 Å². The van der Waals surface area contributed by atoms with Crippen molar-refractivity contribution in [2.24, 2.45) is 0 Å². The number of rotatable bonds is 10. The van der Waals surface area contributed by atoms with E-state index < -0.39 is 0 Å². The van der Waals surface area contributed by atoms with Crippen LogP contribution in [0.3, 0.4) is 0 Å². The summed E-state index contributed by atoms with van der Waals surface area (Å²) in [4.78, 5) is 31.6. The zero-order chi connectivity index (χ0) is 24.9. The van der Waals surface area contributed by atoms with E-state index >= 15 is 0 Å². The van der Waals surface area contributed by atoms with E-state index in [0.717, 1.165) is 62.6 Å². The number of hydrogen-bond donors (Lipinski definition) is 0. The molecule has 1 aromatic carbocycles. The highest BCUT2D eigenvalue weighted by atomic mass is 19.1. The first-order valence-corrected chi connectivity index (χ1v) is 12.7. The van der Waals surface area contributed by atoms with Crippen LogP contribution in [0.15, 0.2) is 24.3 Å². The maximum atomic E-state index is 14.1. The summed E-state index contributed by atoms with van der Waals surface area (Å²) < 4.78 is 20.9. The minimum atomic E-state index is -0.346. The molecular weight excluding hydrogens is 449 g/mol. The standard InChI is InChI=1S/C26H36FN5O3/c1-4-29-13-15-30(16-14-29)26-23(19(3)28-32(26)22-8-6-7-20(27)17-22)18-31(21-9-10-21)24(33)11-12-25(34)35-5-2/h6-8,17,21H,4-5,9-16,18H2,1-3H3. The van der Waals surface area contributed by atoms with Crippen LogP contribution in [0, 0.1) is 12.7 Å². The van der Waals surface area contributed by atoms with E-state index in [1.807, 2.05) is 22.6 Å². The fourth-order valence-electron chi connectivity index (χ4n) is 4.68. The zero-order valence-corrected chi connectivity index (χ0v) is 21.0. The largest absolute Gasteiger partial charge is 0.466 e. The molecule has 0 N–H and O–H groups in total. The summed E-state index contributed by atoms with van der Waals surface area (Å²) in [6.45, 7) is 11.2. The highest BCUT2D eigenvalue weighted by Crippen LogP contribution is 2.34. The van der Waals surface area contributed by atoms with Crippen LogP contribution in [-0.2, 0) is 20.9 Å². The number of amides is 1. The third-order valence-corrected chi connectivity index (χ3v) is 6.81. The Morgan fingerprint density at radius 3 is 2.51 bits per heavy atom. The second-order valence-electron chi connectivity index (χ2n) is 9.26. The van der Waals surface area contributed by atoms with Gasteiger partial charge in [-0.25, -0.2) is 9.07 Å². The van der Waals surface area contributed by atoms with Crippen molar-refractivity contribution in [1.82, 2.24) is 19.6 Å². The normalized spacial score (nSPS) is 16.4. The Bertz CT molecular complexity index is 1040. The zero-order valence-electron chi connectivity index (χ0n) is 21.0. The van der Waals surface area contributed by atoms with Gasteiger partial charge in [-0.1, -0.05) is 13.0 Å². The van der Waals surface area contributed by atoms with Crippen molar-refractivity contribution in [2.45, 2.75) is 59.0 Å². The minimum absolute atomic E-state index is 0.0415. The number of piperazine rings is 1. The summed E-state index contributed by atoms with van der Waals surface area (Å²) in [7, 11) is 0. The van der Waals surface area contributed by atoms with E-state index in [1.54, 1.807) is 13.0 Å². The highest BCUT2D eigenvalue weighted by Gasteiger charge is 2.35. The van der Waals surface area contributed by atoms with Crippen molar-refractivity contribution in [3.63, 3.8) is 0 Å². The maximum Gasteiger partial charge on any atom is 0.306 e. The SMILES string of the molecule is CCOC(=O)CCC(=O)N(Cc1c(C)nn(-c2cccc(F)c2)c1N1CCN(CC)CC1)C1CC1. The fourth-order valence-corrected chi connectivity index (χ4v) is 4.68. The molecule has 2 fully saturated rings. The first-order chi connectivity index (χ1) is 16.9. The minimum Gasteiger partial charge on any atom is -0.466 e. The summed E-state index contributed by atoms with van der Waals surface area (Å²) in [6.07, 6.45) is 2.15. The Morgan fingerprint density at radius 1 is 1.14 bits per heavy atom. The van der Waals surface area contributed by atoms with E-state index in [1.165, 1.54) is 12.1 Å². The van der Waals surface area contributed by atoms with Gasteiger partial charge in [0.25, 0.3) is 0 Å². The number of hydrogen-bond acceptors (Lipinski definition) is 6. The molecule has 1 saturated carbocycles. The van der Waals surface area contributed by atoms with Gasteiger partial charge in [0.1, 0.15) is 11.6 Å². The van der Waals surface area contributed by atoms with Crippen LogP contribution in [0.1, 0.15) is 50.8 Å². The molecule has 1 aliphatic carbocycles. The maximum absolute atomic E-state index is 14.1. The summed E-state index contributed by atoms with van der Waals surface area (Å²) in [5.41, 5.74) is 2.47. The number of anilines is 1. The Balaban J connectivity index is 1.64. The average Bonchev–Trinajstić information content (AvgIpc) is 3.64. The molecule has 0 radical (unpaired) electrons. The number of halogens is 1. The van der Waals surface area contributed by atoms with Gasteiger partial charge >= 0.3 is 5.97 Å². The topological polar surface area (TPSA) is 70.9 Å². The predicted molar refractivity (Wildman–Crippen MR) is 132 cm³/mol. The second-order valence-corrected chi connectivity index (χ2v) is 9.26. The number of carbonyl (C=O) groups is 2.